The molecule has 0 aliphatic carbocycles. The lowest BCUT2D eigenvalue weighted by Crippen LogP contribution is -1.95. The molecule has 12 heteroatoms. The van der Waals surface area contributed by atoms with Crippen LogP contribution < -0.4 is 0 Å². The summed E-state index contributed by atoms with van der Waals surface area (Å²) in [5, 5.41) is 6.67. The van der Waals surface area contributed by atoms with Crippen molar-refractivity contribution in [1.29, 1.82) is 0 Å². The molecule has 0 fully saturated rings. The Morgan fingerprint density at radius 2 is 0.712 bits per heavy atom. The van der Waals surface area contributed by atoms with Crippen LogP contribution in [0.5, 0.6) is 0 Å². The van der Waals surface area contributed by atoms with Gasteiger partial charge in [-0.25, -0.2) is 0 Å². The van der Waals surface area contributed by atoms with Gasteiger partial charge in [0.05, 0.1) is 57.3 Å². The number of aromatic amines is 1. The molecule has 15 rings (SSSR count). The monoisotopic (exact) mass is 899 g/mol. The van der Waals surface area contributed by atoms with Crippen molar-refractivity contribution < 1.29 is 0 Å². The minimum Gasteiger partial charge on any atom is -0.354 e. The number of hydrogen-bond acceptors (Lipinski definition) is 9. The summed E-state index contributed by atoms with van der Waals surface area (Å²) >= 11 is 3.76. The molecule has 9 nitrogen and oxygen atoms in total. The Bertz CT molecular complexity index is 4270. The number of H-pyrrole nitrogens is 1. The molecule has 308 valence electrons. The molecule has 0 radical (unpaired) electrons. The standard InChI is InChI=1S/C54H29N9S3/c1-3-13-32(14-4-1)62-42-21-11-8-18-35(42)47-44(62)27-38(50-53(47)60-65-57-50)30-23-29(37-26-41-46(52-49(37)56-64-59-52)34-17-7-10-20-40(34)55-41)24-31(25-30)39-28-45-48(54-51(39)58-66-61-54)36-19-9-12-22-43(36)63(45)33-15-5-2-6-16-33/h1-28,55H. The molecule has 0 saturated heterocycles. The first-order chi connectivity index (χ1) is 32.7. The molecule has 0 aliphatic heterocycles. The van der Waals surface area contributed by atoms with Crippen molar-refractivity contribution in [3.05, 3.63) is 170 Å². The zero-order chi connectivity index (χ0) is 43.0. The highest BCUT2D eigenvalue weighted by molar-refractivity contribution is 7.00. The van der Waals surface area contributed by atoms with Gasteiger partial charge in [-0.2, -0.15) is 26.2 Å². The van der Waals surface area contributed by atoms with E-state index in [9.17, 15) is 0 Å². The van der Waals surface area contributed by atoms with Gasteiger partial charge in [-0.1, -0.05) is 91.0 Å². The average Bonchev–Trinajstić information content (AvgIpc) is 4.24. The normalized spacial score (nSPS) is 12.2. The predicted octanol–water partition coefficient (Wildman–Crippen LogP) is 14.5. The van der Waals surface area contributed by atoms with E-state index in [1.54, 1.807) is 0 Å². The van der Waals surface area contributed by atoms with Crippen LogP contribution in [0.15, 0.2) is 170 Å². The third-order valence-corrected chi connectivity index (χ3v) is 14.8. The van der Waals surface area contributed by atoms with Crippen LogP contribution >= 0.6 is 35.2 Å². The Balaban J connectivity index is 1.07. The van der Waals surface area contributed by atoms with E-state index in [1.165, 1.54) is 35.2 Å². The highest BCUT2D eigenvalue weighted by Crippen LogP contribution is 2.47. The van der Waals surface area contributed by atoms with E-state index in [4.69, 9.17) is 26.2 Å². The lowest BCUT2D eigenvalue weighted by Gasteiger charge is -2.14. The molecule has 15 aromatic rings. The Morgan fingerprint density at radius 3 is 1.21 bits per heavy atom. The summed E-state index contributed by atoms with van der Waals surface area (Å²) in [6.45, 7) is 0. The predicted molar refractivity (Wildman–Crippen MR) is 274 cm³/mol. The van der Waals surface area contributed by atoms with E-state index in [0.29, 0.717) is 0 Å². The molecule has 66 heavy (non-hydrogen) atoms. The van der Waals surface area contributed by atoms with E-state index < -0.39 is 0 Å². The third kappa shape index (κ3) is 5.02. The number of nitrogens with one attached hydrogen (secondary N) is 1. The van der Waals surface area contributed by atoms with Crippen molar-refractivity contribution in [1.82, 2.24) is 40.4 Å². The lowest BCUT2D eigenvalue weighted by atomic mass is 9.90. The van der Waals surface area contributed by atoms with Gasteiger partial charge >= 0.3 is 0 Å². The number of fused-ring (bicyclic) bond motifs is 15. The molecular formula is C54H29N9S3. The van der Waals surface area contributed by atoms with Crippen LogP contribution in [0.4, 0.5) is 0 Å². The van der Waals surface area contributed by atoms with Crippen molar-refractivity contribution in [2.24, 2.45) is 0 Å². The van der Waals surface area contributed by atoms with Gasteiger partial charge in [0.2, 0.25) is 0 Å². The van der Waals surface area contributed by atoms with E-state index in [1.807, 2.05) is 0 Å². The van der Waals surface area contributed by atoms with Gasteiger partial charge in [0.15, 0.2) is 0 Å². The summed E-state index contributed by atoms with van der Waals surface area (Å²) in [4.78, 5) is 3.71. The van der Waals surface area contributed by atoms with Crippen molar-refractivity contribution in [3.63, 3.8) is 0 Å². The molecule has 1 N–H and O–H groups in total. The summed E-state index contributed by atoms with van der Waals surface area (Å²) in [6, 6.07) is 60.5. The number of aromatic nitrogens is 9. The van der Waals surface area contributed by atoms with Crippen molar-refractivity contribution in [2.45, 2.75) is 0 Å². The molecule has 0 spiro atoms. The molecule has 0 amide bonds. The molecule has 0 saturated carbocycles. The molecule has 9 aromatic carbocycles. The average molecular weight is 900 g/mol. The molecule has 0 unspecified atom stereocenters. The fourth-order valence-electron chi connectivity index (χ4n) is 10.5. The van der Waals surface area contributed by atoms with Crippen molar-refractivity contribution in [3.8, 4) is 44.8 Å². The second-order valence-electron chi connectivity index (χ2n) is 16.7. The molecule has 6 heterocycles. The largest absolute Gasteiger partial charge is 0.354 e. The van der Waals surface area contributed by atoms with E-state index >= 15 is 0 Å². The highest BCUT2D eigenvalue weighted by Gasteiger charge is 2.25. The van der Waals surface area contributed by atoms with Gasteiger partial charge in [0.25, 0.3) is 0 Å². The summed E-state index contributed by atoms with van der Waals surface area (Å²) in [5.41, 5.74) is 19.8. The van der Waals surface area contributed by atoms with Gasteiger partial charge in [-0.15, -0.1) is 0 Å². The van der Waals surface area contributed by atoms with Gasteiger partial charge in [-0.05, 0) is 95.6 Å². The summed E-state index contributed by atoms with van der Waals surface area (Å²) in [6.07, 6.45) is 0. The first kappa shape index (κ1) is 36.2. The topological polar surface area (TPSA) is 103 Å². The minimum absolute atomic E-state index is 0.859. The van der Waals surface area contributed by atoms with Gasteiger partial charge in [-0.3, -0.25) is 0 Å². The Morgan fingerprint density at radius 1 is 0.318 bits per heavy atom. The molecule has 0 aliphatic rings. The lowest BCUT2D eigenvalue weighted by molar-refractivity contribution is 1.18. The van der Waals surface area contributed by atoms with Crippen LogP contribution in [0.2, 0.25) is 0 Å². The maximum absolute atomic E-state index is 5.07. The zero-order valence-corrected chi connectivity index (χ0v) is 36.9. The second-order valence-corrected chi connectivity index (χ2v) is 18.3. The fraction of sp³-hybridized carbons (Fsp3) is 0. The smallest absolute Gasteiger partial charge is 0.115 e. The van der Waals surface area contributed by atoms with Gasteiger partial charge in [0.1, 0.15) is 33.1 Å². The van der Waals surface area contributed by atoms with Gasteiger partial charge in [0, 0.05) is 71.4 Å². The van der Waals surface area contributed by atoms with Crippen molar-refractivity contribution in [2.75, 3.05) is 0 Å². The number of nitrogens with zero attached hydrogens (tertiary/aromatic N) is 8. The van der Waals surface area contributed by atoms with Gasteiger partial charge < -0.3 is 14.1 Å². The van der Waals surface area contributed by atoms with Crippen LogP contribution in [0.25, 0.3) is 143 Å². The highest BCUT2D eigenvalue weighted by atomic mass is 32.1. The zero-order valence-electron chi connectivity index (χ0n) is 34.5. The van der Waals surface area contributed by atoms with Crippen LogP contribution in [0.1, 0.15) is 0 Å². The van der Waals surface area contributed by atoms with Crippen LogP contribution in [-0.4, -0.2) is 40.4 Å². The Labute approximate surface area is 386 Å². The van der Waals surface area contributed by atoms with Crippen LogP contribution in [0.3, 0.4) is 0 Å². The summed E-state index contributed by atoms with van der Waals surface area (Å²) in [7, 11) is 0. The summed E-state index contributed by atoms with van der Waals surface area (Å²) in [5.74, 6) is 0. The maximum Gasteiger partial charge on any atom is 0.115 e. The quantitative estimate of drug-likeness (QED) is 0.185. The first-order valence-corrected chi connectivity index (χ1v) is 23.7. The van der Waals surface area contributed by atoms with Crippen LogP contribution in [-0.2, 0) is 0 Å². The molecular weight excluding hydrogens is 871 g/mol. The minimum atomic E-state index is 0.859. The second kappa shape index (κ2) is 13.7. The Hall–Kier alpha value is -8.16. The maximum atomic E-state index is 5.07. The number of hydrogen-bond donors (Lipinski definition) is 1. The van der Waals surface area contributed by atoms with Crippen LogP contribution in [0, 0.1) is 0 Å². The first-order valence-electron chi connectivity index (χ1n) is 21.5. The molecule has 6 aromatic heterocycles. The number of rotatable bonds is 5. The summed E-state index contributed by atoms with van der Waals surface area (Å²) < 4.78 is 34.9. The number of benzene rings is 9. The number of para-hydroxylation sites is 5. The third-order valence-electron chi connectivity index (χ3n) is 13.2. The fourth-order valence-corrected chi connectivity index (χ4v) is 12.2. The Kier molecular flexibility index (Phi) is 7.50. The van der Waals surface area contributed by atoms with E-state index in [0.717, 1.165) is 143 Å². The molecule has 0 bridgehead atoms. The van der Waals surface area contributed by atoms with E-state index in [-0.39, 0.29) is 0 Å². The SMILES string of the molecule is c1ccc(-n2c3ccccc3c3c4nsnc4c(-c4cc(-c5cc6[nH]c7ccccc7c6c6nsnc56)cc(-c5cc6c(c7ccccc7n6-c6ccccc6)c6nsnc56)c4)cc32)cc1. The molecule has 0 atom stereocenters. The van der Waals surface area contributed by atoms with Crippen molar-refractivity contribution >= 4 is 134 Å². The van der Waals surface area contributed by atoms with E-state index in [2.05, 4.69) is 184 Å².